The van der Waals surface area contributed by atoms with Crippen LogP contribution in [-0.2, 0) is 10.2 Å². The molecule has 206 valence electrons. The highest BCUT2D eigenvalue weighted by Gasteiger charge is 2.35. The molecule has 3 fully saturated rings. The third-order valence-corrected chi connectivity index (χ3v) is 8.74. The first kappa shape index (κ1) is 27.1. The lowest BCUT2D eigenvalue weighted by Crippen LogP contribution is -2.45. The van der Waals surface area contributed by atoms with E-state index in [-0.39, 0.29) is 11.2 Å². The van der Waals surface area contributed by atoms with Crippen LogP contribution in [0, 0.1) is 11.7 Å². The molecule has 0 unspecified atom stereocenters. The number of ether oxygens (including phenoxy) is 1. The maximum atomic E-state index is 13.6. The number of anilines is 3. The number of thiocarbonyl (C=S) groups is 1. The number of hydrogen-bond acceptors (Lipinski definition) is 6. The van der Waals surface area contributed by atoms with E-state index in [9.17, 15) is 4.39 Å². The third-order valence-electron chi connectivity index (χ3n) is 8.50. The molecule has 2 aromatic rings. The van der Waals surface area contributed by atoms with Gasteiger partial charge in [0.25, 0.3) is 0 Å². The summed E-state index contributed by atoms with van der Waals surface area (Å²) in [6, 6.07) is 9.45. The number of halogens is 1. The highest BCUT2D eigenvalue weighted by Crippen LogP contribution is 2.35. The average molecular weight is 541 g/mol. The zero-order valence-electron chi connectivity index (χ0n) is 22.7. The normalized spacial score (nSPS) is 23.7. The van der Waals surface area contributed by atoms with Crippen LogP contribution in [0.3, 0.4) is 0 Å². The Morgan fingerprint density at radius 2 is 1.82 bits per heavy atom. The fourth-order valence-electron chi connectivity index (χ4n) is 6.15. The van der Waals surface area contributed by atoms with Gasteiger partial charge in [-0.05, 0) is 87.7 Å². The van der Waals surface area contributed by atoms with Crippen molar-refractivity contribution in [3.05, 3.63) is 41.7 Å². The quantitative estimate of drug-likeness (QED) is 0.481. The fraction of sp³-hybridized carbons (Fsp3) is 0.621. The van der Waals surface area contributed by atoms with Gasteiger partial charge in [0.1, 0.15) is 17.5 Å². The topological polar surface area (TPSA) is 65.5 Å². The summed E-state index contributed by atoms with van der Waals surface area (Å²) in [5.41, 5.74) is 0.940. The summed E-state index contributed by atoms with van der Waals surface area (Å²) in [4.78, 5) is 14.7. The summed E-state index contributed by atoms with van der Waals surface area (Å²) in [6.07, 6.45) is 7.77. The lowest BCUT2D eigenvalue weighted by molar-refractivity contribution is 0.0515. The first-order chi connectivity index (χ1) is 18.4. The van der Waals surface area contributed by atoms with Crippen molar-refractivity contribution in [3.63, 3.8) is 0 Å². The van der Waals surface area contributed by atoms with Crippen LogP contribution in [0.25, 0.3) is 0 Å². The first-order valence-electron chi connectivity index (χ1n) is 14.2. The number of rotatable bonds is 6. The minimum atomic E-state index is -0.222. The lowest BCUT2D eigenvalue weighted by atomic mass is 9.74. The van der Waals surface area contributed by atoms with E-state index in [4.69, 9.17) is 26.9 Å². The number of nitrogens with zero attached hydrogens (tertiary/aromatic N) is 4. The maximum Gasteiger partial charge on any atom is 0.232 e. The summed E-state index contributed by atoms with van der Waals surface area (Å²) in [7, 11) is 0. The van der Waals surface area contributed by atoms with E-state index in [0.717, 1.165) is 49.7 Å². The van der Waals surface area contributed by atoms with Crippen molar-refractivity contribution in [1.82, 2.24) is 15.3 Å². The molecule has 5 rings (SSSR count). The van der Waals surface area contributed by atoms with E-state index in [1.807, 2.05) is 12.1 Å². The second kappa shape index (κ2) is 12.1. The van der Waals surface area contributed by atoms with Crippen LogP contribution in [-0.4, -0.2) is 60.5 Å². The van der Waals surface area contributed by atoms with E-state index in [0.29, 0.717) is 42.8 Å². The predicted octanol–water partition coefficient (Wildman–Crippen LogP) is 5.27. The monoisotopic (exact) mass is 540 g/mol. The van der Waals surface area contributed by atoms with Crippen LogP contribution in [0.4, 0.5) is 22.0 Å². The van der Waals surface area contributed by atoms with E-state index in [2.05, 4.69) is 40.3 Å². The molecule has 2 N–H and O–H groups in total. The molecule has 3 saturated heterocycles. The van der Waals surface area contributed by atoms with Crippen molar-refractivity contribution < 1.29 is 9.13 Å². The molecule has 2 atom stereocenters. The summed E-state index contributed by atoms with van der Waals surface area (Å²) in [5.74, 6) is 2.90. The van der Waals surface area contributed by atoms with E-state index in [1.165, 1.54) is 44.2 Å². The van der Waals surface area contributed by atoms with Gasteiger partial charge in [0.15, 0.2) is 5.11 Å². The summed E-state index contributed by atoms with van der Waals surface area (Å²) in [5, 5.41) is 7.23. The van der Waals surface area contributed by atoms with Gasteiger partial charge < -0.3 is 25.2 Å². The van der Waals surface area contributed by atoms with Crippen molar-refractivity contribution in [1.29, 1.82) is 0 Å². The van der Waals surface area contributed by atoms with E-state index < -0.39 is 0 Å². The molecule has 0 spiro atoms. The van der Waals surface area contributed by atoms with Crippen molar-refractivity contribution in [3.8, 4) is 0 Å². The maximum absolute atomic E-state index is 13.6. The molecule has 9 heteroatoms. The number of aromatic nitrogens is 2. The molecule has 4 heterocycles. The Labute approximate surface area is 231 Å². The minimum absolute atomic E-state index is 0.168. The van der Waals surface area contributed by atoms with Crippen molar-refractivity contribution in [2.24, 2.45) is 5.92 Å². The van der Waals surface area contributed by atoms with Gasteiger partial charge in [-0.3, -0.25) is 0 Å². The number of piperidine rings is 2. The Bertz CT molecular complexity index is 1090. The highest BCUT2D eigenvalue weighted by molar-refractivity contribution is 7.80. The lowest BCUT2D eigenvalue weighted by Gasteiger charge is -2.38. The van der Waals surface area contributed by atoms with Crippen LogP contribution in [0.15, 0.2) is 30.3 Å². The van der Waals surface area contributed by atoms with Gasteiger partial charge in [-0.1, -0.05) is 19.1 Å². The van der Waals surface area contributed by atoms with Crippen LogP contribution in [0.2, 0.25) is 0 Å². The standard InChI is InChI=1S/C29H41FN6OS/c1-21-6-5-14-35(19-21)25-18-26(36-15-4-3-7-22(36)2)33-27(32-25)34-28(38)31-20-29(12-16-37-17-13-29)23-8-10-24(30)11-9-23/h8-11,18,21-22H,3-7,12-17,19-20H2,1-2H3,(H2,31,32,33,34,38)/t21-,22-/m1/s1. The van der Waals surface area contributed by atoms with Crippen LogP contribution in [0.1, 0.15) is 64.4 Å². The minimum Gasteiger partial charge on any atom is -0.381 e. The molecule has 0 aliphatic carbocycles. The second-order valence-corrected chi connectivity index (χ2v) is 11.8. The fourth-order valence-corrected chi connectivity index (χ4v) is 6.31. The molecular formula is C29H41FN6OS. The van der Waals surface area contributed by atoms with Gasteiger partial charge in [0.2, 0.25) is 5.95 Å². The Morgan fingerprint density at radius 1 is 1.05 bits per heavy atom. The molecular weight excluding hydrogens is 499 g/mol. The van der Waals surface area contributed by atoms with E-state index in [1.54, 1.807) is 0 Å². The van der Waals surface area contributed by atoms with Gasteiger partial charge >= 0.3 is 0 Å². The summed E-state index contributed by atoms with van der Waals surface area (Å²) >= 11 is 5.75. The molecule has 0 amide bonds. The van der Waals surface area contributed by atoms with Gasteiger partial charge in [-0.25, -0.2) is 4.39 Å². The Balaban J connectivity index is 1.34. The number of hydrogen-bond donors (Lipinski definition) is 2. The molecule has 0 saturated carbocycles. The Morgan fingerprint density at radius 3 is 2.55 bits per heavy atom. The zero-order valence-corrected chi connectivity index (χ0v) is 23.5. The van der Waals surface area contributed by atoms with Crippen molar-refractivity contribution >= 4 is 34.9 Å². The molecule has 3 aliphatic rings. The first-order valence-corrected chi connectivity index (χ1v) is 14.6. The van der Waals surface area contributed by atoms with Crippen molar-refractivity contribution in [2.75, 3.05) is 54.5 Å². The van der Waals surface area contributed by atoms with E-state index >= 15 is 0 Å². The van der Waals surface area contributed by atoms with Gasteiger partial charge in [-0.2, -0.15) is 9.97 Å². The molecule has 0 radical (unpaired) electrons. The van der Waals surface area contributed by atoms with Crippen molar-refractivity contribution in [2.45, 2.75) is 70.3 Å². The van der Waals surface area contributed by atoms with Crippen LogP contribution in [0.5, 0.6) is 0 Å². The third kappa shape index (κ3) is 6.37. The predicted molar refractivity (Wildman–Crippen MR) is 156 cm³/mol. The van der Waals surface area contributed by atoms with Crippen LogP contribution < -0.4 is 20.4 Å². The van der Waals surface area contributed by atoms with Gasteiger partial charge in [0, 0.05) is 56.9 Å². The van der Waals surface area contributed by atoms with Crippen LogP contribution >= 0.6 is 12.2 Å². The average Bonchev–Trinajstić information content (AvgIpc) is 2.93. The molecule has 1 aromatic carbocycles. The molecule has 7 nitrogen and oxygen atoms in total. The Hall–Kier alpha value is -2.52. The zero-order chi connectivity index (χ0) is 26.5. The number of benzene rings is 1. The molecule has 0 bridgehead atoms. The van der Waals surface area contributed by atoms with Gasteiger partial charge in [0.05, 0.1) is 0 Å². The second-order valence-electron chi connectivity index (χ2n) is 11.3. The smallest absolute Gasteiger partial charge is 0.232 e. The SMILES string of the molecule is C[C@@H]1CCCN(c2cc(N3CCCC[C@H]3C)nc(NC(=S)NCC3(c4ccc(F)cc4)CCOCC3)n2)C1. The Kier molecular flexibility index (Phi) is 8.63. The number of nitrogens with one attached hydrogen (secondary N) is 2. The molecule has 3 aliphatic heterocycles. The summed E-state index contributed by atoms with van der Waals surface area (Å²) < 4.78 is 19.3. The molecule has 1 aromatic heterocycles. The molecule has 38 heavy (non-hydrogen) atoms. The summed E-state index contributed by atoms with van der Waals surface area (Å²) in [6.45, 7) is 9.62. The highest BCUT2D eigenvalue weighted by atomic mass is 32.1. The largest absolute Gasteiger partial charge is 0.381 e. The van der Waals surface area contributed by atoms with Gasteiger partial charge in [-0.15, -0.1) is 0 Å².